The van der Waals surface area contributed by atoms with Crippen LogP contribution in [-0.4, -0.2) is 23.9 Å². The molecule has 0 N–H and O–H groups in total. The first kappa shape index (κ1) is 15.9. The molecule has 0 spiro atoms. The number of hydrogen-bond acceptors (Lipinski definition) is 2. The molecule has 1 radical (unpaired) electrons. The molecule has 0 aromatic carbocycles. The number of alkyl halides is 6. The first-order valence-corrected chi connectivity index (χ1v) is 2.75. The summed E-state index contributed by atoms with van der Waals surface area (Å²) in [7, 11) is 0. The molecule has 0 aliphatic heterocycles. The SMILES string of the molecule is O=C(CC(=O)C(F)(F)F)C(F)(F)F.[Cu]. The molecule has 0 bridgehead atoms. The molecule has 0 rings (SSSR count). The average molecular weight is 272 g/mol. The van der Waals surface area contributed by atoms with E-state index in [1.54, 1.807) is 0 Å². The van der Waals surface area contributed by atoms with Crippen molar-refractivity contribution >= 4 is 11.6 Å². The second-order valence-corrected chi connectivity index (χ2v) is 2.02. The van der Waals surface area contributed by atoms with Crippen molar-refractivity contribution in [2.45, 2.75) is 18.8 Å². The molecular formula is C5H2CuF6O2. The zero-order valence-corrected chi connectivity index (χ0v) is 7.03. The van der Waals surface area contributed by atoms with Gasteiger partial charge >= 0.3 is 12.4 Å². The molecule has 0 atom stereocenters. The summed E-state index contributed by atoms with van der Waals surface area (Å²) < 4.78 is 68.0. The Bertz CT molecular complexity index is 205. The number of rotatable bonds is 2. The molecule has 0 fully saturated rings. The summed E-state index contributed by atoms with van der Waals surface area (Å²) in [5, 5.41) is 0. The minimum Gasteiger partial charge on any atom is -0.289 e. The van der Waals surface area contributed by atoms with Crippen LogP contribution >= 0.6 is 0 Å². The Labute approximate surface area is 84.1 Å². The van der Waals surface area contributed by atoms with E-state index in [1.807, 2.05) is 0 Å². The predicted molar refractivity (Wildman–Crippen MR) is 26.7 cm³/mol. The minimum atomic E-state index is -5.40. The monoisotopic (exact) mass is 271 g/mol. The van der Waals surface area contributed by atoms with Crippen LogP contribution in [0.15, 0.2) is 0 Å². The zero-order valence-electron chi connectivity index (χ0n) is 6.09. The molecule has 0 aromatic rings. The maximum Gasteiger partial charge on any atom is 0.450 e. The van der Waals surface area contributed by atoms with Gasteiger partial charge in [-0.3, -0.25) is 9.59 Å². The summed E-state index contributed by atoms with van der Waals surface area (Å²) in [4.78, 5) is 19.8. The van der Waals surface area contributed by atoms with Gasteiger partial charge in [-0.2, -0.15) is 26.3 Å². The Balaban J connectivity index is 0. The molecular weight excluding hydrogens is 270 g/mol. The molecule has 0 saturated heterocycles. The topological polar surface area (TPSA) is 34.1 Å². The minimum absolute atomic E-state index is 0. The summed E-state index contributed by atoms with van der Waals surface area (Å²) in [6.07, 6.45) is -13.0. The Morgan fingerprint density at radius 2 is 1.00 bits per heavy atom. The third-order valence-electron chi connectivity index (χ3n) is 0.953. The molecule has 2 nitrogen and oxygen atoms in total. The fourth-order valence-electron chi connectivity index (χ4n) is 0.346. The van der Waals surface area contributed by atoms with Crippen molar-refractivity contribution in [3.63, 3.8) is 0 Å². The van der Waals surface area contributed by atoms with Crippen LogP contribution in [-0.2, 0) is 26.7 Å². The van der Waals surface area contributed by atoms with Crippen molar-refractivity contribution in [3.8, 4) is 0 Å². The summed E-state index contributed by atoms with van der Waals surface area (Å²) in [5.74, 6) is -5.40. The van der Waals surface area contributed by atoms with Crippen LogP contribution in [0.2, 0.25) is 0 Å². The molecule has 0 unspecified atom stereocenters. The van der Waals surface area contributed by atoms with Crippen molar-refractivity contribution in [1.29, 1.82) is 0 Å². The van der Waals surface area contributed by atoms with Gasteiger partial charge in [0.25, 0.3) is 0 Å². The van der Waals surface area contributed by atoms with Gasteiger partial charge in [-0.1, -0.05) is 0 Å². The standard InChI is InChI=1S/C5H2F6O2.Cu/c6-4(7,8)2(12)1-3(13)5(9,10)11;/h1H2;. The fraction of sp³-hybridized carbons (Fsp3) is 0.600. The van der Waals surface area contributed by atoms with Crippen LogP contribution < -0.4 is 0 Å². The number of halogens is 6. The van der Waals surface area contributed by atoms with Crippen molar-refractivity contribution in [1.82, 2.24) is 0 Å². The molecule has 9 heteroatoms. The van der Waals surface area contributed by atoms with Crippen LogP contribution in [0.25, 0.3) is 0 Å². The molecule has 0 saturated carbocycles. The van der Waals surface area contributed by atoms with E-state index in [-0.39, 0.29) is 17.1 Å². The van der Waals surface area contributed by atoms with E-state index in [0.29, 0.717) is 0 Å². The Hall–Kier alpha value is -0.561. The number of hydrogen-bond donors (Lipinski definition) is 0. The summed E-state index contributed by atoms with van der Waals surface area (Å²) in [6, 6.07) is 0. The number of carbonyl (C=O) groups excluding carboxylic acids is 2. The average Bonchev–Trinajstić information content (AvgIpc) is 1.82. The Morgan fingerprint density at radius 3 is 1.14 bits per heavy atom. The van der Waals surface area contributed by atoms with Crippen LogP contribution in [0.5, 0.6) is 0 Å². The number of Topliss-reactive ketones (excluding diaryl/α,β-unsaturated/α-hetero) is 2. The quantitative estimate of drug-likeness (QED) is 0.435. The van der Waals surface area contributed by atoms with E-state index in [4.69, 9.17) is 0 Å². The zero-order chi connectivity index (χ0) is 10.9. The maximum atomic E-state index is 11.3. The van der Waals surface area contributed by atoms with Crippen LogP contribution in [0.1, 0.15) is 6.42 Å². The van der Waals surface area contributed by atoms with E-state index in [0.717, 1.165) is 0 Å². The summed E-state index contributed by atoms with van der Waals surface area (Å²) >= 11 is 0. The molecule has 0 aliphatic carbocycles. The number of ketones is 2. The predicted octanol–water partition coefficient (Wildman–Crippen LogP) is 1.64. The van der Waals surface area contributed by atoms with E-state index >= 15 is 0 Å². The first-order chi connectivity index (χ1) is 5.55. The Kier molecular flexibility index (Phi) is 5.43. The first-order valence-electron chi connectivity index (χ1n) is 2.75. The molecule has 0 amide bonds. The molecule has 0 aromatic heterocycles. The van der Waals surface area contributed by atoms with E-state index in [9.17, 15) is 35.9 Å². The van der Waals surface area contributed by atoms with E-state index in [1.165, 1.54) is 0 Å². The smallest absolute Gasteiger partial charge is 0.289 e. The van der Waals surface area contributed by atoms with Gasteiger partial charge in [0.2, 0.25) is 11.6 Å². The van der Waals surface area contributed by atoms with Gasteiger partial charge in [-0.15, -0.1) is 0 Å². The van der Waals surface area contributed by atoms with Gasteiger partial charge in [0.1, 0.15) is 0 Å². The van der Waals surface area contributed by atoms with E-state index < -0.39 is 30.3 Å². The fourth-order valence-corrected chi connectivity index (χ4v) is 0.346. The maximum absolute atomic E-state index is 11.3. The van der Waals surface area contributed by atoms with Crippen molar-refractivity contribution in [2.24, 2.45) is 0 Å². The largest absolute Gasteiger partial charge is 0.450 e. The van der Waals surface area contributed by atoms with E-state index in [2.05, 4.69) is 0 Å². The molecule has 0 heterocycles. The van der Waals surface area contributed by atoms with Crippen LogP contribution in [0, 0.1) is 0 Å². The Morgan fingerprint density at radius 1 is 0.786 bits per heavy atom. The van der Waals surface area contributed by atoms with Crippen molar-refractivity contribution in [2.75, 3.05) is 0 Å². The van der Waals surface area contributed by atoms with Crippen molar-refractivity contribution < 1.29 is 53.0 Å². The van der Waals surface area contributed by atoms with Gasteiger partial charge in [-0.25, -0.2) is 0 Å². The third kappa shape index (κ3) is 5.23. The molecule has 0 aliphatic rings. The van der Waals surface area contributed by atoms with Crippen molar-refractivity contribution in [3.05, 3.63) is 0 Å². The van der Waals surface area contributed by atoms with Gasteiger partial charge in [-0.05, 0) is 0 Å². The van der Waals surface area contributed by atoms with Crippen LogP contribution in [0.3, 0.4) is 0 Å². The second kappa shape index (κ2) is 4.79. The van der Waals surface area contributed by atoms with Gasteiger partial charge in [0.15, 0.2) is 0 Å². The summed E-state index contributed by atoms with van der Waals surface area (Å²) in [6.45, 7) is 0. The number of carbonyl (C=O) groups is 2. The summed E-state index contributed by atoms with van der Waals surface area (Å²) in [5.41, 5.74) is 0. The van der Waals surface area contributed by atoms with Gasteiger partial charge < -0.3 is 0 Å². The second-order valence-electron chi connectivity index (χ2n) is 2.02. The third-order valence-corrected chi connectivity index (χ3v) is 0.953. The normalized spacial score (nSPS) is 11.9. The van der Waals surface area contributed by atoms with Gasteiger partial charge in [0.05, 0.1) is 6.42 Å². The molecule has 14 heavy (non-hydrogen) atoms. The molecule has 87 valence electrons. The van der Waals surface area contributed by atoms with Gasteiger partial charge in [0, 0.05) is 17.1 Å². The van der Waals surface area contributed by atoms with Crippen LogP contribution in [0.4, 0.5) is 26.3 Å².